The Balaban J connectivity index is 0.00000320. The van der Waals surface area contributed by atoms with Crippen LogP contribution in [0.3, 0.4) is 0 Å². The second-order valence-electron chi connectivity index (χ2n) is 8.02. The standard InChI is InChI=1S/C21H34N4O3S.HI/c1-3-22-20(24-17-21(2)12-9-15-28-21)23-16-18-10-5-6-11-19(18)29(26,27)25-13-7-4-8-14-25;/h5-6,10-11H,3-4,7-9,12-17H2,1-2H3,(H2,22,23,24);1H. The van der Waals surface area contributed by atoms with Crippen LogP contribution in [0, 0.1) is 0 Å². The summed E-state index contributed by atoms with van der Waals surface area (Å²) in [5.74, 6) is 0.675. The van der Waals surface area contributed by atoms with E-state index in [1.807, 2.05) is 19.1 Å². The van der Waals surface area contributed by atoms with Crippen LogP contribution < -0.4 is 10.6 Å². The van der Waals surface area contributed by atoms with Crippen molar-refractivity contribution in [3.63, 3.8) is 0 Å². The van der Waals surface area contributed by atoms with E-state index in [9.17, 15) is 8.42 Å². The number of benzene rings is 1. The zero-order chi connectivity index (χ0) is 20.7. The zero-order valence-electron chi connectivity index (χ0n) is 18.0. The lowest BCUT2D eigenvalue weighted by Crippen LogP contribution is -2.45. The topological polar surface area (TPSA) is 83.0 Å². The molecule has 0 saturated carbocycles. The van der Waals surface area contributed by atoms with Gasteiger partial charge in [0.1, 0.15) is 0 Å². The quantitative estimate of drug-likeness (QED) is 0.310. The maximum Gasteiger partial charge on any atom is 0.243 e. The van der Waals surface area contributed by atoms with Crippen LogP contribution in [-0.4, -0.2) is 57.1 Å². The van der Waals surface area contributed by atoms with Gasteiger partial charge in [-0.2, -0.15) is 4.31 Å². The van der Waals surface area contributed by atoms with Crippen LogP contribution in [-0.2, 0) is 21.3 Å². The molecule has 2 aliphatic rings. The predicted octanol–water partition coefficient (Wildman–Crippen LogP) is 3.10. The van der Waals surface area contributed by atoms with Crippen molar-refractivity contribution >= 4 is 40.0 Å². The van der Waals surface area contributed by atoms with Crippen molar-refractivity contribution in [2.75, 3.05) is 32.8 Å². The van der Waals surface area contributed by atoms with E-state index in [-0.39, 0.29) is 29.6 Å². The smallest absolute Gasteiger partial charge is 0.243 e. The van der Waals surface area contributed by atoms with E-state index in [1.54, 1.807) is 16.4 Å². The number of sulfonamides is 1. The fourth-order valence-electron chi connectivity index (χ4n) is 3.88. The Morgan fingerprint density at radius 2 is 1.90 bits per heavy atom. The molecule has 0 radical (unpaired) electrons. The second kappa shape index (κ2) is 11.6. The minimum absolute atomic E-state index is 0. The highest BCUT2D eigenvalue weighted by Gasteiger charge is 2.30. The molecule has 1 atom stereocenters. The molecule has 30 heavy (non-hydrogen) atoms. The van der Waals surface area contributed by atoms with E-state index in [2.05, 4.69) is 22.5 Å². The Morgan fingerprint density at radius 3 is 2.57 bits per heavy atom. The van der Waals surface area contributed by atoms with E-state index in [0.717, 1.165) is 50.8 Å². The van der Waals surface area contributed by atoms with Gasteiger partial charge in [0.25, 0.3) is 0 Å². The summed E-state index contributed by atoms with van der Waals surface area (Å²) in [5.41, 5.74) is 0.546. The summed E-state index contributed by atoms with van der Waals surface area (Å²) >= 11 is 0. The summed E-state index contributed by atoms with van der Waals surface area (Å²) in [7, 11) is -3.48. The van der Waals surface area contributed by atoms with Gasteiger partial charge in [-0.3, -0.25) is 0 Å². The van der Waals surface area contributed by atoms with Gasteiger partial charge in [0.2, 0.25) is 10.0 Å². The van der Waals surface area contributed by atoms with Gasteiger partial charge < -0.3 is 15.4 Å². The number of nitrogens with one attached hydrogen (secondary N) is 2. The van der Waals surface area contributed by atoms with Crippen LogP contribution >= 0.6 is 24.0 Å². The van der Waals surface area contributed by atoms with Crippen LogP contribution in [0.2, 0.25) is 0 Å². The van der Waals surface area contributed by atoms with Gasteiger partial charge in [-0.25, -0.2) is 13.4 Å². The number of nitrogens with zero attached hydrogens (tertiary/aromatic N) is 2. The normalized spacial score (nSPS) is 23.1. The average molecular weight is 551 g/mol. The van der Waals surface area contributed by atoms with E-state index in [4.69, 9.17) is 4.74 Å². The molecular formula is C21H35IN4O3S. The van der Waals surface area contributed by atoms with Crippen LogP contribution in [0.4, 0.5) is 0 Å². The predicted molar refractivity (Wildman–Crippen MR) is 131 cm³/mol. The Bertz CT molecular complexity index is 804. The number of halogens is 1. The maximum absolute atomic E-state index is 13.1. The van der Waals surface area contributed by atoms with Crippen molar-refractivity contribution in [3.8, 4) is 0 Å². The number of guanidine groups is 1. The molecule has 0 spiro atoms. The lowest BCUT2D eigenvalue weighted by molar-refractivity contribution is 0.0243. The van der Waals surface area contributed by atoms with E-state index in [0.29, 0.717) is 37.0 Å². The molecular weight excluding hydrogens is 515 g/mol. The molecule has 0 aliphatic carbocycles. The van der Waals surface area contributed by atoms with Crippen LogP contribution in [0.15, 0.2) is 34.2 Å². The highest BCUT2D eigenvalue weighted by atomic mass is 127. The Hall–Kier alpha value is -0.910. The fourth-order valence-corrected chi connectivity index (χ4v) is 5.61. The third-order valence-corrected chi connectivity index (χ3v) is 7.59. The van der Waals surface area contributed by atoms with Gasteiger partial charge in [0, 0.05) is 32.8 Å². The number of aliphatic imine (C=N–C) groups is 1. The summed E-state index contributed by atoms with van der Waals surface area (Å²) in [6, 6.07) is 7.20. The first-order valence-electron chi connectivity index (χ1n) is 10.7. The molecule has 2 aliphatic heterocycles. The van der Waals surface area contributed by atoms with Crippen molar-refractivity contribution in [1.29, 1.82) is 0 Å². The second-order valence-corrected chi connectivity index (χ2v) is 9.93. The maximum atomic E-state index is 13.1. The summed E-state index contributed by atoms with van der Waals surface area (Å²) in [5, 5.41) is 6.59. The number of hydrogen-bond acceptors (Lipinski definition) is 4. The first-order valence-corrected chi connectivity index (χ1v) is 12.1. The van der Waals surface area contributed by atoms with Crippen LogP contribution in [0.5, 0.6) is 0 Å². The highest BCUT2D eigenvalue weighted by Crippen LogP contribution is 2.25. The zero-order valence-corrected chi connectivity index (χ0v) is 21.2. The third kappa shape index (κ3) is 6.54. The highest BCUT2D eigenvalue weighted by molar-refractivity contribution is 14.0. The van der Waals surface area contributed by atoms with E-state index < -0.39 is 10.0 Å². The summed E-state index contributed by atoms with van der Waals surface area (Å²) < 4.78 is 33.7. The van der Waals surface area contributed by atoms with Gasteiger partial charge in [0.15, 0.2) is 5.96 Å². The molecule has 1 aromatic carbocycles. The molecule has 0 bridgehead atoms. The van der Waals surface area contributed by atoms with Gasteiger partial charge in [-0.1, -0.05) is 24.6 Å². The average Bonchev–Trinajstić information content (AvgIpc) is 3.17. The number of ether oxygens (including phenoxy) is 1. The van der Waals surface area contributed by atoms with Crippen LogP contribution in [0.25, 0.3) is 0 Å². The monoisotopic (exact) mass is 550 g/mol. The summed E-state index contributed by atoms with van der Waals surface area (Å²) in [6.07, 6.45) is 5.05. The van der Waals surface area contributed by atoms with Crippen molar-refractivity contribution in [2.45, 2.75) is 63.0 Å². The Morgan fingerprint density at radius 1 is 1.17 bits per heavy atom. The molecule has 2 heterocycles. The van der Waals surface area contributed by atoms with Crippen molar-refractivity contribution in [1.82, 2.24) is 14.9 Å². The SMILES string of the molecule is CCNC(=NCc1ccccc1S(=O)(=O)N1CCCCC1)NCC1(C)CCCO1.I. The van der Waals surface area contributed by atoms with Crippen molar-refractivity contribution in [3.05, 3.63) is 29.8 Å². The van der Waals surface area contributed by atoms with Gasteiger partial charge >= 0.3 is 0 Å². The van der Waals surface area contributed by atoms with Gasteiger partial charge in [-0.05, 0) is 51.2 Å². The molecule has 2 saturated heterocycles. The summed E-state index contributed by atoms with van der Waals surface area (Å²) in [4.78, 5) is 5.02. The Kier molecular flexibility index (Phi) is 9.83. The molecule has 1 unspecified atom stereocenters. The third-order valence-electron chi connectivity index (χ3n) is 5.59. The molecule has 0 aromatic heterocycles. The molecule has 170 valence electrons. The first-order chi connectivity index (χ1) is 13.9. The van der Waals surface area contributed by atoms with Gasteiger partial charge in [-0.15, -0.1) is 24.0 Å². The lowest BCUT2D eigenvalue weighted by Gasteiger charge is -2.27. The first kappa shape index (κ1) is 25.4. The lowest BCUT2D eigenvalue weighted by atomic mass is 10.0. The molecule has 0 amide bonds. The fraction of sp³-hybridized carbons (Fsp3) is 0.667. The minimum Gasteiger partial charge on any atom is -0.373 e. The molecule has 1 aromatic rings. The minimum atomic E-state index is -3.48. The largest absolute Gasteiger partial charge is 0.373 e. The van der Waals surface area contributed by atoms with E-state index in [1.165, 1.54) is 0 Å². The summed E-state index contributed by atoms with van der Waals surface area (Å²) in [6.45, 7) is 7.83. The Labute approximate surface area is 198 Å². The molecule has 2 N–H and O–H groups in total. The van der Waals surface area contributed by atoms with Crippen molar-refractivity contribution < 1.29 is 13.2 Å². The molecule has 7 nitrogen and oxygen atoms in total. The molecule has 3 rings (SSSR count). The van der Waals surface area contributed by atoms with Crippen molar-refractivity contribution in [2.24, 2.45) is 4.99 Å². The number of hydrogen-bond donors (Lipinski definition) is 2. The molecule has 9 heteroatoms. The van der Waals surface area contributed by atoms with Crippen LogP contribution in [0.1, 0.15) is 51.5 Å². The number of rotatable bonds is 7. The van der Waals surface area contributed by atoms with E-state index >= 15 is 0 Å². The van der Waals surface area contributed by atoms with Gasteiger partial charge in [0.05, 0.1) is 17.0 Å². The number of piperidine rings is 1. The molecule has 2 fully saturated rings.